The predicted octanol–water partition coefficient (Wildman–Crippen LogP) is 2.78. The molecule has 1 amide bonds. The number of fused-ring (bicyclic) bond motifs is 2. The van der Waals surface area contributed by atoms with Crippen molar-refractivity contribution in [1.29, 1.82) is 0 Å². The van der Waals surface area contributed by atoms with Crippen molar-refractivity contribution in [3.63, 3.8) is 0 Å². The fraction of sp³-hybridized carbons (Fsp3) is 0.211. The Morgan fingerprint density at radius 3 is 2.79 bits per heavy atom. The average molecular weight is 315 g/mol. The molecule has 0 unspecified atom stereocenters. The molecule has 0 fully saturated rings. The molecule has 2 aromatic carbocycles. The number of amides is 1. The molecule has 0 saturated heterocycles. The summed E-state index contributed by atoms with van der Waals surface area (Å²) < 4.78 is 2.11. The number of aromatic nitrogens is 1. The topological polar surface area (TPSA) is 46.1 Å². The highest BCUT2D eigenvalue weighted by atomic mass is 16.1. The molecule has 24 heavy (non-hydrogen) atoms. The first-order chi connectivity index (χ1) is 11.5. The van der Waals surface area contributed by atoms with Gasteiger partial charge in [0.15, 0.2) is 0 Å². The van der Waals surface area contributed by atoms with Crippen LogP contribution >= 0.6 is 0 Å². The maximum atomic E-state index is 12.0. The molecule has 1 atom stereocenters. The zero-order chi connectivity index (χ0) is 16.8. The molecule has 1 aliphatic rings. The SMILES string of the molecule is [B]c1cccc2cc(-c3cccc4c3N[C@H](C)CC(=O)N4)n(C)c12. The summed E-state index contributed by atoms with van der Waals surface area (Å²) in [4.78, 5) is 12.0. The zero-order valence-corrected chi connectivity index (χ0v) is 13.8. The van der Waals surface area contributed by atoms with Crippen LogP contribution in [0.25, 0.3) is 22.2 Å². The second-order valence-corrected chi connectivity index (χ2v) is 6.40. The summed E-state index contributed by atoms with van der Waals surface area (Å²) in [5, 5.41) is 7.58. The highest BCUT2D eigenvalue weighted by molar-refractivity contribution is 6.38. The van der Waals surface area contributed by atoms with Crippen molar-refractivity contribution >= 4 is 41.5 Å². The van der Waals surface area contributed by atoms with E-state index in [0.717, 1.165) is 39.0 Å². The van der Waals surface area contributed by atoms with Gasteiger partial charge in [-0.25, -0.2) is 0 Å². The summed E-state index contributed by atoms with van der Waals surface area (Å²) in [6.07, 6.45) is 0.455. The van der Waals surface area contributed by atoms with Gasteiger partial charge in [-0.2, -0.15) is 0 Å². The number of carbonyl (C=O) groups excluding carboxylic acids is 1. The molecular weight excluding hydrogens is 297 g/mol. The summed E-state index contributed by atoms with van der Waals surface area (Å²) in [6, 6.07) is 14.1. The Balaban J connectivity index is 1.96. The lowest BCUT2D eigenvalue weighted by Crippen LogP contribution is -2.19. The third-order valence-corrected chi connectivity index (χ3v) is 4.58. The van der Waals surface area contributed by atoms with Gasteiger partial charge in [-0.05, 0) is 24.4 Å². The van der Waals surface area contributed by atoms with E-state index in [4.69, 9.17) is 7.85 Å². The van der Waals surface area contributed by atoms with Crippen molar-refractivity contribution in [3.8, 4) is 11.3 Å². The summed E-state index contributed by atoms with van der Waals surface area (Å²) in [5.74, 6) is 0.0344. The molecule has 4 nitrogen and oxygen atoms in total. The van der Waals surface area contributed by atoms with Crippen molar-refractivity contribution in [3.05, 3.63) is 42.5 Å². The first-order valence-corrected chi connectivity index (χ1v) is 8.08. The van der Waals surface area contributed by atoms with Crippen LogP contribution in [0, 0.1) is 0 Å². The first kappa shape index (κ1) is 14.9. The third kappa shape index (κ3) is 2.28. The lowest BCUT2D eigenvalue weighted by atomic mass is 9.94. The Bertz CT molecular complexity index is 961. The first-order valence-electron chi connectivity index (χ1n) is 8.08. The van der Waals surface area contributed by atoms with Crippen LogP contribution in [0.2, 0.25) is 0 Å². The molecule has 0 aliphatic carbocycles. The Morgan fingerprint density at radius 2 is 2.00 bits per heavy atom. The minimum atomic E-state index is 0.0344. The number of hydrogen-bond acceptors (Lipinski definition) is 2. The number of benzene rings is 2. The van der Waals surface area contributed by atoms with Gasteiger partial charge in [0.25, 0.3) is 0 Å². The van der Waals surface area contributed by atoms with Crippen molar-refractivity contribution in [1.82, 2.24) is 4.57 Å². The molecular formula is C19H18BN3O. The standard InChI is InChI=1S/C19H18BN3O/c1-11-9-17(24)22-15-8-4-6-13(18(15)21-11)16-10-12-5-3-7-14(20)19(12)23(16)2/h3-8,10-11,21H,9H2,1-2H3,(H,22,24)/t11-/m1/s1. The van der Waals surface area contributed by atoms with E-state index < -0.39 is 0 Å². The molecule has 5 heteroatoms. The highest BCUT2D eigenvalue weighted by Crippen LogP contribution is 2.38. The molecule has 2 N–H and O–H groups in total. The molecule has 2 heterocycles. The summed E-state index contributed by atoms with van der Waals surface area (Å²) in [5.41, 5.74) is 5.68. The average Bonchev–Trinajstić information content (AvgIpc) is 2.78. The number of hydrogen-bond donors (Lipinski definition) is 2. The van der Waals surface area contributed by atoms with Gasteiger partial charge >= 0.3 is 0 Å². The molecule has 0 saturated carbocycles. The lowest BCUT2D eigenvalue weighted by molar-refractivity contribution is -0.116. The fourth-order valence-corrected chi connectivity index (χ4v) is 3.51. The maximum absolute atomic E-state index is 12.0. The summed E-state index contributed by atoms with van der Waals surface area (Å²) in [7, 11) is 8.18. The van der Waals surface area contributed by atoms with Crippen LogP contribution in [-0.2, 0) is 11.8 Å². The predicted molar refractivity (Wildman–Crippen MR) is 100 cm³/mol. The van der Waals surface area contributed by atoms with Gasteiger partial charge in [-0.3, -0.25) is 4.79 Å². The molecule has 1 aliphatic heterocycles. The molecule has 2 radical (unpaired) electrons. The Labute approximate surface area is 142 Å². The molecule has 1 aromatic heterocycles. The highest BCUT2D eigenvalue weighted by Gasteiger charge is 2.21. The van der Waals surface area contributed by atoms with Gasteiger partial charge in [0, 0.05) is 30.6 Å². The van der Waals surface area contributed by atoms with Gasteiger partial charge < -0.3 is 15.2 Å². The third-order valence-electron chi connectivity index (χ3n) is 4.58. The molecule has 4 rings (SSSR count). The fourth-order valence-electron chi connectivity index (χ4n) is 3.51. The van der Waals surface area contributed by atoms with Crippen molar-refractivity contribution in [2.24, 2.45) is 7.05 Å². The van der Waals surface area contributed by atoms with Crippen LogP contribution < -0.4 is 16.1 Å². The van der Waals surface area contributed by atoms with E-state index in [9.17, 15) is 4.79 Å². The van der Waals surface area contributed by atoms with Crippen LogP contribution in [0.5, 0.6) is 0 Å². The van der Waals surface area contributed by atoms with Crippen LogP contribution in [0.1, 0.15) is 13.3 Å². The van der Waals surface area contributed by atoms with E-state index in [1.54, 1.807) is 0 Å². The Morgan fingerprint density at radius 1 is 1.21 bits per heavy atom. The number of para-hydroxylation sites is 2. The zero-order valence-electron chi connectivity index (χ0n) is 13.8. The van der Waals surface area contributed by atoms with Crippen molar-refractivity contribution in [2.45, 2.75) is 19.4 Å². The van der Waals surface area contributed by atoms with E-state index in [2.05, 4.69) is 33.4 Å². The Hall–Kier alpha value is -2.69. The van der Waals surface area contributed by atoms with E-state index in [1.807, 2.05) is 38.2 Å². The van der Waals surface area contributed by atoms with Crippen LogP contribution in [0.3, 0.4) is 0 Å². The number of rotatable bonds is 1. The monoisotopic (exact) mass is 315 g/mol. The number of nitrogens with zero attached hydrogens (tertiary/aromatic N) is 1. The maximum Gasteiger partial charge on any atom is 0.226 e. The smallest absolute Gasteiger partial charge is 0.226 e. The minimum Gasteiger partial charge on any atom is -0.380 e. The van der Waals surface area contributed by atoms with E-state index in [1.165, 1.54) is 0 Å². The largest absolute Gasteiger partial charge is 0.380 e. The van der Waals surface area contributed by atoms with E-state index >= 15 is 0 Å². The van der Waals surface area contributed by atoms with Gasteiger partial charge in [0.1, 0.15) is 7.85 Å². The summed E-state index contributed by atoms with van der Waals surface area (Å²) in [6.45, 7) is 2.02. The van der Waals surface area contributed by atoms with Gasteiger partial charge in [-0.15, -0.1) is 0 Å². The molecule has 118 valence electrons. The molecule has 0 bridgehead atoms. The quantitative estimate of drug-likeness (QED) is 0.678. The van der Waals surface area contributed by atoms with Gasteiger partial charge in [0.2, 0.25) is 5.91 Å². The number of aryl methyl sites for hydroxylation is 1. The number of anilines is 2. The van der Waals surface area contributed by atoms with E-state index in [-0.39, 0.29) is 11.9 Å². The van der Waals surface area contributed by atoms with Crippen molar-refractivity contribution < 1.29 is 4.79 Å². The normalized spacial score (nSPS) is 17.1. The number of carbonyl (C=O) groups is 1. The summed E-state index contributed by atoms with van der Waals surface area (Å²) >= 11 is 0. The number of nitrogens with one attached hydrogen (secondary N) is 2. The Kier molecular flexibility index (Phi) is 3.37. The second kappa shape index (κ2) is 5.44. The second-order valence-electron chi connectivity index (χ2n) is 6.40. The van der Waals surface area contributed by atoms with Crippen molar-refractivity contribution in [2.75, 3.05) is 10.6 Å². The van der Waals surface area contributed by atoms with Gasteiger partial charge in [0.05, 0.1) is 17.1 Å². The van der Waals surface area contributed by atoms with Gasteiger partial charge in [-0.1, -0.05) is 35.8 Å². The van der Waals surface area contributed by atoms with Crippen LogP contribution in [-0.4, -0.2) is 24.4 Å². The van der Waals surface area contributed by atoms with Crippen LogP contribution in [0.4, 0.5) is 11.4 Å². The van der Waals surface area contributed by atoms with Crippen LogP contribution in [0.15, 0.2) is 42.5 Å². The minimum absolute atomic E-state index is 0.0344. The molecule has 3 aromatic rings. The lowest BCUT2D eigenvalue weighted by Gasteiger charge is -2.17. The van der Waals surface area contributed by atoms with E-state index in [0.29, 0.717) is 6.42 Å². The molecule has 0 spiro atoms.